The molecule has 1 amide bonds. The zero-order chi connectivity index (χ0) is 25.3. The Morgan fingerprint density at radius 2 is 1.83 bits per heavy atom. The van der Waals surface area contributed by atoms with Gasteiger partial charge in [0.25, 0.3) is 0 Å². The lowest BCUT2D eigenvalue weighted by Gasteiger charge is -2.43. The quantitative estimate of drug-likeness (QED) is 0.655. The van der Waals surface area contributed by atoms with Crippen molar-refractivity contribution in [2.45, 2.75) is 61.6 Å². The first-order valence-corrected chi connectivity index (χ1v) is 14.3. The van der Waals surface area contributed by atoms with Crippen LogP contribution in [0.1, 0.15) is 39.0 Å². The van der Waals surface area contributed by atoms with Crippen LogP contribution in [0.15, 0.2) is 53.4 Å². The van der Waals surface area contributed by atoms with Gasteiger partial charge in [0, 0.05) is 38.0 Å². The molecule has 3 heterocycles. The van der Waals surface area contributed by atoms with E-state index in [-0.39, 0.29) is 29.5 Å². The summed E-state index contributed by atoms with van der Waals surface area (Å²) in [5.41, 5.74) is 1.35. The molecule has 3 aliphatic heterocycles. The van der Waals surface area contributed by atoms with Crippen LogP contribution in [0.5, 0.6) is 5.75 Å². The molecule has 9 heteroatoms. The van der Waals surface area contributed by atoms with Gasteiger partial charge in [-0.2, -0.15) is 4.31 Å². The first-order valence-electron chi connectivity index (χ1n) is 12.9. The summed E-state index contributed by atoms with van der Waals surface area (Å²) in [6, 6.07) is 13.9. The van der Waals surface area contributed by atoms with E-state index in [1.807, 2.05) is 30.3 Å². The van der Waals surface area contributed by atoms with Crippen molar-refractivity contribution in [2.75, 3.05) is 32.8 Å². The maximum Gasteiger partial charge on any atom is 0.247 e. The number of aliphatic hydroxyl groups excluding tert-OH is 1. The van der Waals surface area contributed by atoms with Gasteiger partial charge in [0.15, 0.2) is 0 Å². The summed E-state index contributed by atoms with van der Waals surface area (Å²) in [5, 5.41) is 13.6. The fraction of sp³-hybridized carbons (Fsp3) is 0.519. The van der Waals surface area contributed by atoms with Crippen molar-refractivity contribution in [3.8, 4) is 16.9 Å². The molecule has 8 nitrogen and oxygen atoms in total. The molecule has 1 spiro atoms. The fourth-order valence-electron chi connectivity index (χ4n) is 5.72. The van der Waals surface area contributed by atoms with Gasteiger partial charge in [-0.1, -0.05) is 43.3 Å². The van der Waals surface area contributed by atoms with Crippen LogP contribution >= 0.6 is 0 Å². The van der Waals surface area contributed by atoms with Crippen LogP contribution in [-0.2, 0) is 14.8 Å². The maximum atomic E-state index is 13.8. The lowest BCUT2D eigenvalue weighted by atomic mass is 9.84. The highest BCUT2D eigenvalue weighted by Gasteiger charge is 2.47. The van der Waals surface area contributed by atoms with E-state index in [1.165, 1.54) is 0 Å². The summed E-state index contributed by atoms with van der Waals surface area (Å²) in [6.07, 6.45) is 2.41. The first kappa shape index (κ1) is 25.2. The molecule has 2 saturated heterocycles. The maximum absolute atomic E-state index is 13.8. The van der Waals surface area contributed by atoms with E-state index in [1.54, 1.807) is 18.2 Å². The number of aliphatic hydroxyl groups is 1. The summed E-state index contributed by atoms with van der Waals surface area (Å²) in [6.45, 7) is 5.11. The van der Waals surface area contributed by atoms with Crippen molar-refractivity contribution >= 4 is 15.9 Å². The molecule has 0 aromatic heterocycles. The average Bonchev–Trinajstić information content (AvgIpc) is 3.28. The number of fused-ring (bicyclic) bond motifs is 2. The van der Waals surface area contributed by atoms with Crippen LogP contribution < -0.4 is 10.1 Å². The number of carbonyl (C=O) groups excluding carboxylic acids is 1. The molecule has 36 heavy (non-hydrogen) atoms. The fourth-order valence-corrected chi connectivity index (χ4v) is 7.47. The van der Waals surface area contributed by atoms with Crippen molar-refractivity contribution < 1.29 is 23.1 Å². The molecule has 0 bridgehead atoms. The standard InChI is InChI=1S/C27H35N3O5S/c1-2-13-29-14-10-27(11-15-29)12-16-35-24-17-21(20-6-4-3-5-7-20)8-9-25(24)36(33,34)30-19-22(31)18-23(30)26(32)28-27/h3-9,17,22-23,31H,2,10-16,18-19H2,1H3,(H,28,32)/t22-,23+/m1/s1. The molecule has 5 rings (SSSR count). The summed E-state index contributed by atoms with van der Waals surface area (Å²) in [7, 11) is -4.08. The zero-order valence-corrected chi connectivity index (χ0v) is 21.5. The van der Waals surface area contributed by atoms with E-state index < -0.39 is 27.7 Å². The van der Waals surface area contributed by atoms with E-state index in [2.05, 4.69) is 17.1 Å². The van der Waals surface area contributed by atoms with Gasteiger partial charge in [-0.25, -0.2) is 8.42 Å². The molecule has 3 aliphatic rings. The minimum atomic E-state index is -4.08. The molecule has 2 aromatic rings. The van der Waals surface area contributed by atoms with E-state index >= 15 is 0 Å². The molecule has 0 aliphatic carbocycles. The number of hydrogen-bond acceptors (Lipinski definition) is 6. The Morgan fingerprint density at radius 1 is 1.08 bits per heavy atom. The second-order valence-corrected chi connectivity index (χ2v) is 12.1. The van der Waals surface area contributed by atoms with Gasteiger partial charge >= 0.3 is 0 Å². The van der Waals surface area contributed by atoms with Gasteiger partial charge in [0.05, 0.1) is 12.7 Å². The lowest BCUT2D eigenvalue weighted by Crippen LogP contribution is -2.59. The monoisotopic (exact) mass is 513 g/mol. The summed E-state index contributed by atoms with van der Waals surface area (Å²) < 4.78 is 35.0. The molecule has 2 aromatic carbocycles. The number of hydrogen-bond donors (Lipinski definition) is 2. The predicted octanol–water partition coefficient (Wildman–Crippen LogP) is 2.62. The number of carbonyl (C=O) groups is 1. The SMILES string of the molecule is CCCN1CCC2(CCOc3cc(-c4ccccc4)ccc3S(=O)(=O)N3C[C@H](O)C[C@H]3C(=O)N2)CC1. The second kappa shape index (κ2) is 10.1. The molecule has 2 N–H and O–H groups in total. The van der Waals surface area contributed by atoms with Gasteiger partial charge in [0.2, 0.25) is 15.9 Å². The molecule has 0 saturated carbocycles. The molecule has 2 atom stereocenters. The van der Waals surface area contributed by atoms with Crippen LogP contribution in [0.3, 0.4) is 0 Å². The van der Waals surface area contributed by atoms with Crippen LogP contribution in [0.4, 0.5) is 0 Å². The Balaban J connectivity index is 1.53. The third-order valence-corrected chi connectivity index (χ3v) is 9.67. The van der Waals surface area contributed by atoms with E-state index in [0.29, 0.717) is 13.0 Å². The molecule has 0 unspecified atom stereocenters. The number of nitrogens with zero attached hydrogens (tertiary/aromatic N) is 2. The highest BCUT2D eigenvalue weighted by Crippen LogP contribution is 2.37. The number of piperidine rings is 1. The predicted molar refractivity (Wildman–Crippen MR) is 137 cm³/mol. The first-order chi connectivity index (χ1) is 17.3. The molecular weight excluding hydrogens is 478 g/mol. The summed E-state index contributed by atoms with van der Waals surface area (Å²) in [4.78, 5) is 15.9. The number of amides is 1. The topological polar surface area (TPSA) is 99.2 Å². The largest absolute Gasteiger partial charge is 0.492 e. The number of benzene rings is 2. The van der Waals surface area contributed by atoms with Crippen molar-refractivity contribution in [3.63, 3.8) is 0 Å². The minimum Gasteiger partial charge on any atom is -0.492 e. The van der Waals surface area contributed by atoms with Crippen molar-refractivity contribution in [1.29, 1.82) is 0 Å². The van der Waals surface area contributed by atoms with Gasteiger partial charge < -0.3 is 20.1 Å². The number of nitrogens with one attached hydrogen (secondary N) is 1. The van der Waals surface area contributed by atoms with Crippen molar-refractivity contribution in [1.82, 2.24) is 14.5 Å². The molecule has 0 radical (unpaired) electrons. The number of likely N-dealkylation sites (tertiary alicyclic amines) is 1. The van der Waals surface area contributed by atoms with Gasteiger partial charge in [0.1, 0.15) is 16.7 Å². The Bertz CT molecular complexity index is 1200. The average molecular weight is 514 g/mol. The highest BCUT2D eigenvalue weighted by atomic mass is 32.2. The highest BCUT2D eigenvalue weighted by molar-refractivity contribution is 7.89. The second-order valence-electron chi connectivity index (χ2n) is 10.2. The van der Waals surface area contributed by atoms with Crippen LogP contribution in [0, 0.1) is 0 Å². The molecular formula is C27H35N3O5S. The van der Waals surface area contributed by atoms with E-state index in [0.717, 1.165) is 54.3 Å². The molecule has 2 fully saturated rings. The van der Waals surface area contributed by atoms with Crippen LogP contribution in [-0.4, -0.2) is 79.1 Å². The normalized spacial score (nSPS) is 26.3. The van der Waals surface area contributed by atoms with Crippen LogP contribution in [0.25, 0.3) is 11.1 Å². The number of ether oxygens (including phenoxy) is 1. The molecule has 194 valence electrons. The smallest absolute Gasteiger partial charge is 0.247 e. The zero-order valence-electron chi connectivity index (χ0n) is 20.7. The van der Waals surface area contributed by atoms with Crippen molar-refractivity contribution in [3.05, 3.63) is 48.5 Å². The summed E-state index contributed by atoms with van der Waals surface area (Å²) in [5.74, 6) is -0.0483. The Labute approximate surface area is 213 Å². The van der Waals surface area contributed by atoms with Crippen molar-refractivity contribution in [2.24, 2.45) is 0 Å². The number of rotatable bonds is 3. The van der Waals surface area contributed by atoms with Gasteiger partial charge in [-0.3, -0.25) is 4.79 Å². The Hall–Kier alpha value is -2.46. The Kier molecular flexibility index (Phi) is 7.09. The summed E-state index contributed by atoms with van der Waals surface area (Å²) >= 11 is 0. The van der Waals surface area contributed by atoms with E-state index in [9.17, 15) is 18.3 Å². The third-order valence-electron chi connectivity index (χ3n) is 7.75. The lowest BCUT2D eigenvalue weighted by molar-refractivity contribution is -0.127. The Morgan fingerprint density at radius 3 is 2.56 bits per heavy atom. The van der Waals surface area contributed by atoms with Crippen LogP contribution in [0.2, 0.25) is 0 Å². The van der Waals surface area contributed by atoms with Gasteiger partial charge in [-0.05, 0) is 49.1 Å². The van der Waals surface area contributed by atoms with E-state index in [4.69, 9.17) is 4.74 Å². The minimum absolute atomic E-state index is 0.0304. The number of sulfonamides is 1. The third kappa shape index (κ3) is 4.89. The van der Waals surface area contributed by atoms with Gasteiger partial charge in [-0.15, -0.1) is 0 Å².